The number of fused-ring (bicyclic) bond motifs is 4. The smallest absolute Gasteiger partial charge is 0.334 e. The van der Waals surface area contributed by atoms with Crippen LogP contribution in [-0.2, 0) is 92.9 Å². The topological polar surface area (TPSA) is 163 Å². The summed E-state index contributed by atoms with van der Waals surface area (Å²) in [6.45, 7) is 7.81. The Hall–Kier alpha value is -5.29. The molecule has 8 aliphatic rings. The minimum absolute atomic E-state index is 0.00250. The number of carbonyl (C=O) groups is 3. The van der Waals surface area contributed by atoms with E-state index in [9.17, 15) is 14.4 Å². The summed E-state index contributed by atoms with van der Waals surface area (Å²) in [7, 11) is 0. The van der Waals surface area contributed by atoms with Crippen LogP contribution in [0.3, 0.4) is 0 Å². The van der Waals surface area contributed by atoms with Crippen LogP contribution < -0.4 is 0 Å². The van der Waals surface area contributed by atoms with Gasteiger partial charge in [0.15, 0.2) is 11.7 Å². The molecule has 6 fully saturated rings. The van der Waals surface area contributed by atoms with Crippen molar-refractivity contribution in [2.24, 2.45) is 17.3 Å². The summed E-state index contributed by atoms with van der Waals surface area (Å²) >= 11 is 0. The number of carbonyl (C=O) groups excluding carboxylic acids is 3. The van der Waals surface area contributed by atoms with E-state index in [1.54, 1.807) is 0 Å². The maximum atomic E-state index is 14.2. The molecular formula is C59H64O14. The second-order valence-corrected chi connectivity index (χ2v) is 21.5. The van der Waals surface area contributed by atoms with E-state index in [4.69, 9.17) is 52.1 Å². The number of hydrogen-bond donors (Lipinski definition) is 0. The van der Waals surface area contributed by atoms with Crippen LogP contribution in [0.2, 0.25) is 0 Å². The predicted molar refractivity (Wildman–Crippen MR) is 261 cm³/mol. The van der Waals surface area contributed by atoms with E-state index in [0.29, 0.717) is 26.1 Å². The van der Waals surface area contributed by atoms with Gasteiger partial charge in [0.25, 0.3) is 0 Å². The van der Waals surface area contributed by atoms with E-state index in [-0.39, 0.29) is 87.2 Å². The lowest BCUT2D eigenvalue weighted by molar-refractivity contribution is -0.320. The summed E-state index contributed by atoms with van der Waals surface area (Å²) in [6.07, 6.45) is -3.82. The molecule has 5 aliphatic heterocycles. The van der Waals surface area contributed by atoms with Crippen molar-refractivity contribution in [3.8, 4) is 0 Å². The van der Waals surface area contributed by atoms with Crippen molar-refractivity contribution in [2.75, 3.05) is 13.2 Å². The lowest BCUT2D eigenvalue weighted by Crippen LogP contribution is -2.70. The predicted octanol–water partition coefficient (Wildman–Crippen LogP) is 8.07. The highest BCUT2D eigenvalue weighted by molar-refractivity contribution is 5.92. The molecule has 0 amide bonds. The molecule has 14 nitrogen and oxygen atoms in total. The van der Waals surface area contributed by atoms with Gasteiger partial charge in [0.2, 0.25) is 6.29 Å². The van der Waals surface area contributed by atoms with Crippen molar-refractivity contribution in [3.05, 3.63) is 155 Å². The second kappa shape index (κ2) is 19.4. The van der Waals surface area contributed by atoms with Gasteiger partial charge < -0.3 is 52.1 Å². The van der Waals surface area contributed by atoms with Gasteiger partial charge >= 0.3 is 17.9 Å². The lowest BCUT2D eigenvalue weighted by atomic mass is 9.46. The molecule has 384 valence electrons. The van der Waals surface area contributed by atoms with Crippen LogP contribution in [0.5, 0.6) is 0 Å². The molecule has 0 aromatic heterocycles. The van der Waals surface area contributed by atoms with E-state index in [0.717, 1.165) is 39.8 Å². The Labute approximate surface area is 425 Å². The van der Waals surface area contributed by atoms with Gasteiger partial charge in [0.1, 0.15) is 54.4 Å². The van der Waals surface area contributed by atoms with Gasteiger partial charge in [0.05, 0.1) is 39.1 Å². The fourth-order valence-electron chi connectivity index (χ4n) is 13.4. The Balaban J connectivity index is 0.765. The number of esters is 3. The molecular weight excluding hydrogens is 933 g/mol. The van der Waals surface area contributed by atoms with Crippen molar-refractivity contribution in [1.29, 1.82) is 0 Å². The third kappa shape index (κ3) is 8.46. The number of hydrogen-bond acceptors (Lipinski definition) is 14. The van der Waals surface area contributed by atoms with Gasteiger partial charge in [-0.15, -0.1) is 0 Å². The first-order valence-electron chi connectivity index (χ1n) is 26.1. The molecule has 73 heavy (non-hydrogen) atoms. The van der Waals surface area contributed by atoms with Crippen molar-refractivity contribution in [2.45, 2.75) is 158 Å². The SMILES string of the molecule is CC(C)[C@]12O[C@H]1[C@@H]1O[C@]13[C@]1(O[C@H]1C[C@H]1C4=C(CC[C@@]13C)C(=O)OC4)[C@@H]2OC(=O)CCCC(=O)O[C@H]1O[C@@H](COCc2ccccc2)[C@@H](OCc2ccccc2)C(OCc2ccccc2)C1OCc1ccccc1. The first kappa shape index (κ1) is 48.6. The maximum Gasteiger partial charge on any atom is 0.334 e. The molecule has 4 aromatic carbocycles. The van der Waals surface area contributed by atoms with E-state index in [2.05, 4.69) is 20.8 Å². The average Bonchev–Trinajstić information content (AvgIpc) is 4.40. The largest absolute Gasteiger partial charge is 0.458 e. The zero-order valence-corrected chi connectivity index (χ0v) is 41.6. The van der Waals surface area contributed by atoms with E-state index in [1.807, 2.05) is 121 Å². The van der Waals surface area contributed by atoms with Crippen molar-refractivity contribution in [3.63, 3.8) is 0 Å². The summed E-state index contributed by atoms with van der Waals surface area (Å²) in [4.78, 5) is 41.0. The van der Waals surface area contributed by atoms with Crippen molar-refractivity contribution in [1.82, 2.24) is 0 Å². The van der Waals surface area contributed by atoms with E-state index >= 15 is 0 Å². The third-order valence-electron chi connectivity index (χ3n) is 17.2. The standard InChI is InChI=1S/C59H64O14/c1-36(2)57-51(72-57)52-59(73-52)56(3)28-27-41-42(34-67-53(41)62)43(56)29-45-58(59,71-45)55(57)70-47(61)26-16-25-46(60)69-54-50(66-33-40-23-14-7-15-24-40)49(65-32-39-21-12-6-13-22-39)48(64-31-38-19-10-5-11-20-38)44(68-54)35-63-30-37-17-8-4-9-18-37/h4-15,17-24,36,43-45,48-52,54-55H,16,25-35H2,1-3H3/t43-,44-,45-,48+,49?,50?,51-,52-,54+,55+,56-,57-,58+,59+/m0/s1. The average molecular weight is 997 g/mol. The van der Waals surface area contributed by atoms with Gasteiger partial charge in [-0.1, -0.05) is 142 Å². The molecule has 2 saturated carbocycles. The zero-order chi connectivity index (χ0) is 50.0. The Morgan fingerprint density at radius 2 is 1.23 bits per heavy atom. The van der Waals surface area contributed by atoms with Crippen molar-refractivity contribution >= 4 is 17.9 Å². The number of benzene rings is 4. The molecule has 14 atom stereocenters. The molecule has 14 heteroatoms. The van der Waals surface area contributed by atoms with Gasteiger partial charge in [0, 0.05) is 23.8 Å². The molecule has 4 aromatic rings. The highest BCUT2D eigenvalue weighted by Crippen LogP contribution is 2.83. The van der Waals surface area contributed by atoms with Crippen LogP contribution in [0.4, 0.5) is 0 Å². The van der Waals surface area contributed by atoms with Gasteiger partial charge in [-0.05, 0) is 65.3 Å². The normalized spacial score (nSPS) is 36.1. The van der Waals surface area contributed by atoms with Gasteiger partial charge in [-0.3, -0.25) is 9.59 Å². The zero-order valence-electron chi connectivity index (χ0n) is 41.6. The van der Waals surface area contributed by atoms with Crippen molar-refractivity contribution < 1.29 is 66.5 Å². The van der Waals surface area contributed by atoms with E-state index < -0.39 is 65.6 Å². The summed E-state index contributed by atoms with van der Waals surface area (Å²) < 4.78 is 72.1. The fraction of sp³-hybridized carbons (Fsp3) is 0.508. The highest BCUT2D eigenvalue weighted by atomic mass is 16.8. The monoisotopic (exact) mass is 996 g/mol. The fourth-order valence-corrected chi connectivity index (χ4v) is 13.4. The molecule has 0 N–H and O–H groups in total. The van der Waals surface area contributed by atoms with E-state index in [1.165, 1.54) is 0 Å². The van der Waals surface area contributed by atoms with Crippen LogP contribution >= 0.6 is 0 Å². The van der Waals surface area contributed by atoms with Gasteiger partial charge in [-0.25, -0.2) is 4.79 Å². The molecule has 12 rings (SSSR count). The molecule has 0 bridgehead atoms. The van der Waals surface area contributed by atoms with Crippen LogP contribution in [-0.4, -0.2) is 103 Å². The van der Waals surface area contributed by atoms with Gasteiger partial charge in [-0.2, -0.15) is 0 Å². The first-order valence-corrected chi connectivity index (χ1v) is 26.1. The van der Waals surface area contributed by atoms with Crippen LogP contribution in [0, 0.1) is 17.3 Å². The Morgan fingerprint density at radius 1 is 0.671 bits per heavy atom. The Kier molecular flexibility index (Phi) is 13.0. The van der Waals surface area contributed by atoms with Crippen LogP contribution in [0.1, 0.15) is 81.5 Å². The maximum absolute atomic E-state index is 14.2. The minimum Gasteiger partial charge on any atom is -0.458 e. The highest BCUT2D eigenvalue weighted by Gasteiger charge is 3.01. The number of epoxide rings is 3. The molecule has 0 radical (unpaired) electrons. The molecule has 5 heterocycles. The number of cyclic esters (lactones) is 1. The number of rotatable bonds is 20. The Bertz CT molecular complexity index is 2680. The second-order valence-electron chi connectivity index (χ2n) is 21.5. The summed E-state index contributed by atoms with van der Waals surface area (Å²) in [5.41, 5.74) is 2.91. The third-order valence-corrected chi connectivity index (χ3v) is 17.2. The summed E-state index contributed by atoms with van der Waals surface area (Å²) in [6, 6.07) is 39.3. The van der Waals surface area contributed by atoms with Crippen LogP contribution in [0.25, 0.3) is 0 Å². The molecule has 2 spiro atoms. The first-order chi connectivity index (χ1) is 35.6. The Morgan fingerprint density at radius 3 is 1.84 bits per heavy atom. The minimum atomic E-state index is -1.23. The quantitative estimate of drug-likeness (QED) is 0.0475. The van der Waals surface area contributed by atoms with Crippen LogP contribution in [0.15, 0.2) is 132 Å². The lowest BCUT2D eigenvalue weighted by Gasteiger charge is -2.53. The summed E-state index contributed by atoms with van der Waals surface area (Å²) in [5.74, 6) is -1.20. The molecule has 3 aliphatic carbocycles. The summed E-state index contributed by atoms with van der Waals surface area (Å²) in [5, 5.41) is 0. The molecule has 4 saturated heterocycles. The molecule has 2 unspecified atom stereocenters. The number of ether oxygens (including phenoxy) is 11.